The monoisotopic (exact) mass is 240 g/mol. The predicted molar refractivity (Wildman–Crippen MR) is 55.7 cm³/mol. The van der Waals surface area contributed by atoms with Crippen molar-refractivity contribution in [1.82, 2.24) is 4.90 Å². The molecule has 2 atom stereocenters. The zero-order valence-electron chi connectivity index (χ0n) is 9.84. The number of halogens is 3. The fourth-order valence-corrected chi connectivity index (χ4v) is 1.27. The maximum absolute atomic E-state index is 12.2. The van der Waals surface area contributed by atoms with E-state index in [2.05, 4.69) is 0 Å². The molecule has 0 spiro atoms. The van der Waals surface area contributed by atoms with Crippen molar-refractivity contribution in [2.45, 2.75) is 39.4 Å². The van der Waals surface area contributed by atoms with Crippen molar-refractivity contribution in [1.29, 1.82) is 0 Å². The van der Waals surface area contributed by atoms with E-state index < -0.39 is 24.7 Å². The normalized spacial score (nSPS) is 15.7. The first-order valence-electron chi connectivity index (χ1n) is 5.34. The van der Waals surface area contributed by atoms with Crippen LogP contribution in [0.4, 0.5) is 13.2 Å². The zero-order chi connectivity index (χ0) is 12.9. The van der Waals surface area contributed by atoms with Crippen LogP contribution in [0.1, 0.15) is 27.2 Å². The first-order chi connectivity index (χ1) is 7.22. The number of nitrogens with zero attached hydrogens (tertiary/aromatic N) is 1. The molecule has 0 aromatic carbocycles. The highest BCUT2D eigenvalue weighted by atomic mass is 19.4. The second-order valence-corrected chi connectivity index (χ2v) is 3.88. The van der Waals surface area contributed by atoms with Crippen LogP contribution < -0.4 is 5.73 Å². The third-order valence-corrected chi connectivity index (χ3v) is 2.61. The van der Waals surface area contributed by atoms with Crippen LogP contribution in [-0.2, 0) is 4.79 Å². The van der Waals surface area contributed by atoms with E-state index in [1.54, 1.807) is 6.92 Å². The molecule has 0 aliphatic carbocycles. The third-order valence-electron chi connectivity index (χ3n) is 2.61. The highest BCUT2D eigenvalue weighted by Crippen LogP contribution is 2.18. The molecule has 1 unspecified atom stereocenters. The van der Waals surface area contributed by atoms with Crippen molar-refractivity contribution in [3.05, 3.63) is 0 Å². The van der Waals surface area contributed by atoms with Gasteiger partial charge in [0, 0.05) is 6.54 Å². The third kappa shape index (κ3) is 4.83. The number of rotatable bonds is 5. The van der Waals surface area contributed by atoms with Gasteiger partial charge in [0.15, 0.2) is 0 Å². The molecule has 0 radical (unpaired) electrons. The number of carbonyl (C=O) groups excluding carboxylic acids is 1. The Morgan fingerprint density at radius 1 is 1.38 bits per heavy atom. The molecule has 0 aliphatic rings. The summed E-state index contributed by atoms with van der Waals surface area (Å²) in [6.45, 7) is 3.89. The van der Waals surface area contributed by atoms with Gasteiger partial charge in [-0.25, -0.2) is 0 Å². The maximum Gasteiger partial charge on any atom is 0.406 e. The van der Waals surface area contributed by atoms with Crippen LogP contribution in [0.25, 0.3) is 0 Å². The Kier molecular flexibility index (Phi) is 5.78. The lowest BCUT2D eigenvalue weighted by Gasteiger charge is -2.27. The molecule has 0 bridgehead atoms. The Morgan fingerprint density at radius 2 is 1.88 bits per heavy atom. The minimum atomic E-state index is -4.37. The molecule has 96 valence electrons. The van der Waals surface area contributed by atoms with E-state index in [9.17, 15) is 18.0 Å². The van der Waals surface area contributed by atoms with E-state index in [1.165, 1.54) is 6.92 Å². The Morgan fingerprint density at radius 3 is 2.19 bits per heavy atom. The van der Waals surface area contributed by atoms with Crippen LogP contribution in [-0.4, -0.2) is 36.1 Å². The molecule has 16 heavy (non-hydrogen) atoms. The van der Waals surface area contributed by atoms with Crippen LogP contribution in [0.15, 0.2) is 0 Å². The Labute approximate surface area is 93.8 Å². The lowest BCUT2D eigenvalue weighted by molar-refractivity contribution is -0.162. The smallest absolute Gasteiger partial charge is 0.333 e. The van der Waals surface area contributed by atoms with Crippen molar-refractivity contribution in [2.75, 3.05) is 13.1 Å². The molecule has 0 saturated carbocycles. The van der Waals surface area contributed by atoms with Crippen molar-refractivity contribution in [3.8, 4) is 0 Å². The van der Waals surface area contributed by atoms with Gasteiger partial charge in [0.05, 0.1) is 6.04 Å². The SMILES string of the molecule is CCC(C)[C@H](N)C(=O)N(CC)CC(F)(F)F. The van der Waals surface area contributed by atoms with Crippen LogP contribution in [0.5, 0.6) is 0 Å². The predicted octanol–water partition coefficient (Wildman–Crippen LogP) is 1.77. The second-order valence-electron chi connectivity index (χ2n) is 3.88. The molecule has 0 aromatic rings. The largest absolute Gasteiger partial charge is 0.406 e. The molecule has 0 fully saturated rings. The summed E-state index contributed by atoms with van der Waals surface area (Å²) in [6, 6.07) is -0.854. The number of amides is 1. The van der Waals surface area contributed by atoms with Crippen LogP contribution in [0.2, 0.25) is 0 Å². The molecule has 1 amide bonds. The van der Waals surface area contributed by atoms with Gasteiger partial charge >= 0.3 is 6.18 Å². The Bertz CT molecular complexity index is 231. The maximum atomic E-state index is 12.2. The minimum Gasteiger partial charge on any atom is -0.333 e. The van der Waals surface area contributed by atoms with Crippen LogP contribution in [0, 0.1) is 5.92 Å². The summed E-state index contributed by atoms with van der Waals surface area (Å²) in [6.07, 6.45) is -3.71. The van der Waals surface area contributed by atoms with E-state index in [1.807, 2.05) is 6.92 Å². The van der Waals surface area contributed by atoms with Crippen molar-refractivity contribution in [3.63, 3.8) is 0 Å². The topological polar surface area (TPSA) is 46.3 Å². The summed E-state index contributed by atoms with van der Waals surface area (Å²) >= 11 is 0. The molecule has 0 aromatic heterocycles. The number of carbonyl (C=O) groups is 1. The molecule has 6 heteroatoms. The summed E-state index contributed by atoms with van der Waals surface area (Å²) in [7, 11) is 0. The zero-order valence-corrected chi connectivity index (χ0v) is 9.84. The second kappa shape index (κ2) is 6.08. The highest BCUT2D eigenvalue weighted by Gasteiger charge is 2.34. The summed E-state index contributed by atoms with van der Waals surface area (Å²) in [5.74, 6) is -0.746. The molecular formula is C10H19F3N2O. The average Bonchev–Trinajstić information content (AvgIpc) is 2.21. The van der Waals surface area contributed by atoms with Gasteiger partial charge in [-0.2, -0.15) is 13.2 Å². The van der Waals surface area contributed by atoms with Crippen molar-refractivity contribution in [2.24, 2.45) is 11.7 Å². The first-order valence-corrected chi connectivity index (χ1v) is 5.34. The van der Waals surface area contributed by atoms with Gasteiger partial charge in [-0.05, 0) is 12.8 Å². The minimum absolute atomic E-state index is 0.0163. The number of alkyl halides is 3. The molecule has 2 N–H and O–H groups in total. The number of nitrogens with two attached hydrogens (primary N) is 1. The lowest BCUT2D eigenvalue weighted by Crippen LogP contribution is -2.49. The average molecular weight is 240 g/mol. The summed E-state index contributed by atoms with van der Waals surface area (Å²) in [5.41, 5.74) is 5.61. The van der Waals surface area contributed by atoms with Crippen molar-refractivity contribution >= 4 is 5.91 Å². The molecule has 0 aliphatic heterocycles. The first kappa shape index (κ1) is 15.2. The molecule has 0 heterocycles. The summed E-state index contributed by atoms with van der Waals surface area (Å²) < 4.78 is 36.5. The van der Waals surface area contributed by atoms with E-state index in [-0.39, 0.29) is 12.5 Å². The lowest BCUT2D eigenvalue weighted by atomic mass is 9.99. The van der Waals surface area contributed by atoms with Gasteiger partial charge in [-0.15, -0.1) is 0 Å². The van der Waals surface area contributed by atoms with Gasteiger partial charge in [0.1, 0.15) is 6.54 Å². The van der Waals surface area contributed by atoms with E-state index in [0.29, 0.717) is 6.42 Å². The standard InChI is InChI=1S/C10H19F3N2O/c1-4-7(3)8(14)9(16)15(5-2)6-10(11,12)13/h7-8H,4-6,14H2,1-3H3/t7?,8-/m0/s1. The highest BCUT2D eigenvalue weighted by molar-refractivity contribution is 5.82. The van der Waals surface area contributed by atoms with Gasteiger partial charge in [0.25, 0.3) is 0 Å². The van der Waals surface area contributed by atoms with Gasteiger partial charge in [-0.1, -0.05) is 20.3 Å². The van der Waals surface area contributed by atoms with E-state index >= 15 is 0 Å². The van der Waals surface area contributed by atoms with Crippen molar-refractivity contribution < 1.29 is 18.0 Å². The number of hydrogen-bond donors (Lipinski definition) is 1. The number of likely N-dealkylation sites (N-methyl/N-ethyl adjacent to an activating group) is 1. The summed E-state index contributed by atoms with van der Waals surface area (Å²) in [4.78, 5) is 12.4. The van der Waals surface area contributed by atoms with E-state index in [4.69, 9.17) is 5.73 Å². The van der Waals surface area contributed by atoms with E-state index in [0.717, 1.165) is 4.90 Å². The fourth-order valence-electron chi connectivity index (χ4n) is 1.27. The van der Waals surface area contributed by atoms with Crippen LogP contribution >= 0.6 is 0 Å². The van der Waals surface area contributed by atoms with Crippen LogP contribution in [0.3, 0.4) is 0 Å². The van der Waals surface area contributed by atoms with Gasteiger partial charge in [0.2, 0.25) is 5.91 Å². The molecule has 0 rings (SSSR count). The fraction of sp³-hybridized carbons (Fsp3) is 0.900. The Hall–Kier alpha value is -0.780. The van der Waals surface area contributed by atoms with Gasteiger partial charge in [-0.3, -0.25) is 4.79 Å². The number of hydrogen-bond acceptors (Lipinski definition) is 2. The van der Waals surface area contributed by atoms with Gasteiger partial charge < -0.3 is 10.6 Å². The molecule has 0 saturated heterocycles. The molecule has 3 nitrogen and oxygen atoms in total. The molecular weight excluding hydrogens is 221 g/mol. The summed E-state index contributed by atoms with van der Waals surface area (Å²) in [5, 5.41) is 0. The quantitative estimate of drug-likeness (QED) is 0.796. The Balaban J connectivity index is 4.53.